The number of benzene rings is 2. The standard InChI is InChI=1S/C19H19F3N2O5S/c1-12-7-8-14(9-13(12)2)30(27,28)23-10-18(26)29-11-17(25)24-16-6-4-3-5-15(16)19(20,21)22/h3-9,23H,10-11H2,1-2H3,(H,24,25). The highest BCUT2D eigenvalue weighted by molar-refractivity contribution is 7.89. The van der Waals surface area contributed by atoms with Gasteiger partial charge >= 0.3 is 12.1 Å². The molecule has 162 valence electrons. The number of sulfonamides is 1. The van der Waals surface area contributed by atoms with Gasteiger partial charge in [-0.15, -0.1) is 0 Å². The maximum Gasteiger partial charge on any atom is 0.418 e. The van der Waals surface area contributed by atoms with Gasteiger partial charge in [-0.2, -0.15) is 17.9 Å². The van der Waals surface area contributed by atoms with E-state index in [4.69, 9.17) is 0 Å². The Morgan fingerprint density at radius 2 is 1.70 bits per heavy atom. The second kappa shape index (κ2) is 9.26. The first-order chi connectivity index (χ1) is 13.9. The van der Waals surface area contributed by atoms with E-state index in [1.807, 2.05) is 17.0 Å². The fraction of sp³-hybridized carbons (Fsp3) is 0.263. The molecule has 0 aromatic heterocycles. The van der Waals surface area contributed by atoms with Crippen LogP contribution in [-0.4, -0.2) is 33.4 Å². The number of amides is 1. The van der Waals surface area contributed by atoms with E-state index in [0.717, 1.165) is 23.3 Å². The number of hydrogen-bond acceptors (Lipinski definition) is 5. The highest BCUT2D eigenvalue weighted by atomic mass is 32.2. The van der Waals surface area contributed by atoms with Crippen molar-refractivity contribution in [2.75, 3.05) is 18.5 Å². The second-order valence-corrected chi connectivity index (χ2v) is 8.09. The molecule has 0 radical (unpaired) electrons. The first-order valence-electron chi connectivity index (χ1n) is 8.59. The Balaban J connectivity index is 1.89. The minimum Gasteiger partial charge on any atom is -0.455 e. The van der Waals surface area contributed by atoms with Crippen molar-refractivity contribution in [3.8, 4) is 0 Å². The van der Waals surface area contributed by atoms with Crippen molar-refractivity contribution in [1.29, 1.82) is 0 Å². The number of carbonyl (C=O) groups is 2. The number of hydrogen-bond donors (Lipinski definition) is 2. The molecule has 1 amide bonds. The van der Waals surface area contributed by atoms with Gasteiger partial charge in [0.1, 0.15) is 6.54 Å². The summed E-state index contributed by atoms with van der Waals surface area (Å²) in [4.78, 5) is 23.5. The molecule has 30 heavy (non-hydrogen) atoms. The Morgan fingerprint density at radius 1 is 1.03 bits per heavy atom. The van der Waals surface area contributed by atoms with Gasteiger partial charge in [-0.05, 0) is 49.2 Å². The third-order valence-electron chi connectivity index (χ3n) is 4.07. The molecule has 0 atom stereocenters. The van der Waals surface area contributed by atoms with Gasteiger partial charge in [0.2, 0.25) is 10.0 Å². The Labute approximate surface area is 171 Å². The quantitative estimate of drug-likeness (QED) is 0.640. The van der Waals surface area contributed by atoms with Crippen LogP contribution in [0.2, 0.25) is 0 Å². The molecule has 0 unspecified atom stereocenters. The van der Waals surface area contributed by atoms with Crippen LogP contribution < -0.4 is 10.0 Å². The van der Waals surface area contributed by atoms with Crippen molar-refractivity contribution < 1.29 is 35.9 Å². The molecule has 0 fully saturated rings. The van der Waals surface area contributed by atoms with Crippen LogP contribution >= 0.6 is 0 Å². The van der Waals surface area contributed by atoms with Crippen LogP contribution in [0.1, 0.15) is 16.7 Å². The molecule has 11 heteroatoms. The van der Waals surface area contributed by atoms with E-state index in [1.54, 1.807) is 13.0 Å². The van der Waals surface area contributed by atoms with E-state index in [1.165, 1.54) is 24.3 Å². The van der Waals surface area contributed by atoms with Crippen LogP contribution in [0.3, 0.4) is 0 Å². The lowest BCUT2D eigenvalue weighted by atomic mass is 10.1. The van der Waals surface area contributed by atoms with E-state index in [0.29, 0.717) is 0 Å². The lowest BCUT2D eigenvalue weighted by Gasteiger charge is -2.13. The zero-order valence-electron chi connectivity index (χ0n) is 16.0. The van der Waals surface area contributed by atoms with Crippen molar-refractivity contribution in [1.82, 2.24) is 4.72 Å². The highest BCUT2D eigenvalue weighted by Crippen LogP contribution is 2.34. The van der Waals surface area contributed by atoms with Crippen LogP contribution in [-0.2, 0) is 30.5 Å². The molecule has 0 heterocycles. The molecule has 7 nitrogen and oxygen atoms in total. The van der Waals surface area contributed by atoms with E-state index in [9.17, 15) is 31.2 Å². The van der Waals surface area contributed by atoms with Gasteiger partial charge in [-0.25, -0.2) is 8.42 Å². The zero-order chi connectivity index (χ0) is 22.5. The molecule has 2 N–H and O–H groups in total. The Bertz CT molecular complexity index is 1050. The van der Waals surface area contributed by atoms with Crippen LogP contribution in [0.4, 0.5) is 18.9 Å². The summed E-state index contributed by atoms with van der Waals surface area (Å²) in [5, 5.41) is 2.01. The molecule has 0 bridgehead atoms. The average molecular weight is 444 g/mol. The van der Waals surface area contributed by atoms with Gasteiger partial charge < -0.3 is 10.1 Å². The van der Waals surface area contributed by atoms with Gasteiger partial charge in [0.05, 0.1) is 16.1 Å². The molecule has 0 spiro atoms. The maximum absolute atomic E-state index is 12.9. The van der Waals surface area contributed by atoms with Crippen molar-refractivity contribution in [2.45, 2.75) is 24.9 Å². The van der Waals surface area contributed by atoms with Crippen LogP contribution in [0.25, 0.3) is 0 Å². The van der Waals surface area contributed by atoms with Gasteiger partial charge in [0.15, 0.2) is 6.61 Å². The number of anilines is 1. The first-order valence-corrected chi connectivity index (χ1v) is 10.1. The van der Waals surface area contributed by atoms with E-state index in [2.05, 4.69) is 4.74 Å². The van der Waals surface area contributed by atoms with E-state index < -0.39 is 52.5 Å². The minimum absolute atomic E-state index is 0.0418. The normalized spacial score (nSPS) is 11.8. The molecule has 2 aromatic rings. The number of rotatable bonds is 7. The number of para-hydroxylation sites is 1. The predicted octanol–water partition coefficient (Wildman–Crippen LogP) is 2.78. The number of halogens is 3. The monoisotopic (exact) mass is 444 g/mol. The Hall–Kier alpha value is -2.92. The maximum atomic E-state index is 12.9. The van der Waals surface area contributed by atoms with E-state index >= 15 is 0 Å². The molecule has 2 aromatic carbocycles. The molecular weight excluding hydrogens is 425 g/mol. The lowest BCUT2D eigenvalue weighted by molar-refractivity contribution is -0.146. The largest absolute Gasteiger partial charge is 0.455 e. The van der Waals surface area contributed by atoms with Crippen molar-refractivity contribution in [3.05, 3.63) is 59.2 Å². The number of alkyl halides is 3. The average Bonchev–Trinajstić information content (AvgIpc) is 2.66. The van der Waals surface area contributed by atoms with Gasteiger partial charge in [-0.3, -0.25) is 9.59 Å². The van der Waals surface area contributed by atoms with Crippen molar-refractivity contribution >= 4 is 27.6 Å². The number of carbonyl (C=O) groups excluding carboxylic acids is 2. The second-order valence-electron chi connectivity index (χ2n) is 6.32. The SMILES string of the molecule is Cc1ccc(S(=O)(=O)NCC(=O)OCC(=O)Nc2ccccc2C(F)(F)F)cc1C. The van der Waals surface area contributed by atoms with Crippen LogP contribution in [0.5, 0.6) is 0 Å². The minimum atomic E-state index is -4.67. The Morgan fingerprint density at radius 3 is 2.33 bits per heavy atom. The third-order valence-corrected chi connectivity index (χ3v) is 5.46. The summed E-state index contributed by atoms with van der Waals surface area (Å²) < 4.78 is 69.8. The number of aryl methyl sites for hydroxylation is 2. The molecule has 0 aliphatic carbocycles. The number of nitrogens with one attached hydrogen (secondary N) is 2. The molecule has 0 saturated heterocycles. The van der Waals surface area contributed by atoms with Crippen molar-refractivity contribution in [2.24, 2.45) is 0 Å². The summed E-state index contributed by atoms with van der Waals surface area (Å²) in [6, 6.07) is 8.75. The summed E-state index contributed by atoms with van der Waals surface area (Å²) in [6.45, 7) is 1.92. The third kappa shape index (κ3) is 6.29. The fourth-order valence-corrected chi connectivity index (χ4v) is 3.39. The lowest BCUT2D eigenvalue weighted by Crippen LogP contribution is -2.32. The predicted molar refractivity (Wildman–Crippen MR) is 102 cm³/mol. The zero-order valence-corrected chi connectivity index (χ0v) is 16.9. The summed E-state index contributed by atoms with van der Waals surface area (Å²) in [5.41, 5.74) is 0.107. The number of ether oxygens (including phenoxy) is 1. The van der Waals surface area contributed by atoms with Crippen molar-refractivity contribution in [3.63, 3.8) is 0 Å². The van der Waals surface area contributed by atoms with Gasteiger partial charge in [0, 0.05) is 0 Å². The van der Waals surface area contributed by atoms with Gasteiger partial charge in [0.25, 0.3) is 5.91 Å². The smallest absolute Gasteiger partial charge is 0.418 e. The molecule has 0 aliphatic heterocycles. The fourth-order valence-electron chi connectivity index (χ4n) is 2.34. The first kappa shape index (κ1) is 23.4. The molecule has 0 aliphatic rings. The van der Waals surface area contributed by atoms with Crippen LogP contribution in [0, 0.1) is 13.8 Å². The molecular formula is C19H19F3N2O5S. The number of esters is 1. The van der Waals surface area contributed by atoms with Crippen LogP contribution in [0.15, 0.2) is 47.4 Å². The summed E-state index contributed by atoms with van der Waals surface area (Å²) >= 11 is 0. The van der Waals surface area contributed by atoms with Gasteiger partial charge in [-0.1, -0.05) is 18.2 Å². The topological polar surface area (TPSA) is 102 Å². The highest BCUT2D eigenvalue weighted by Gasteiger charge is 2.33. The Kier molecular flexibility index (Phi) is 7.21. The summed E-state index contributed by atoms with van der Waals surface area (Å²) in [7, 11) is -3.98. The summed E-state index contributed by atoms with van der Waals surface area (Å²) in [5.74, 6) is -2.07. The van der Waals surface area contributed by atoms with E-state index in [-0.39, 0.29) is 4.90 Å². The molecule has 2 rings (SSSR count). The molecule has 0 saturated carbocycles. The summed E-state index contributed by atoms with van der Waals surface area (Å²) in [6.07, 6.45) is -4.67.